The predicted octanol–water partition coefficient (Wildman–Crippen LogP) is 4.04. The van der Waals surface area contributed by atoms with Crippen LogP contribution in [0.2, 0.25) is 0 Å². The first-order valence-electron chi connectivity index (χ1n) is 12.4. The van der Waals surface area contributed by atoms with Gasteiger partial charge in [0.05, 0.1) is 47.7 Å². The number of hydrazine groups is 1. The standard InChI is InChI=1S/C27H32F3N7O2/c1-17-5-6-19(13-25(17)37(31)16-23(32-3)21-15-33-35(4)18(21)2)26(38)34-22-14-20(27(28,29)30)7-8-24(22)36-9-11-39-12-10-36/h5-8,13-16,32H,9-12,31H2,1-4H3,(H,34,38)/b23-16-. The third-order valence-corrected chi connectivity index (χ3v) is 6.74. The molecule has 12 heteroatoms. The van der Waals surface area contributed by atoms with Crippen molar-refractivity contribution in [3.05, 3.63) is 76.7 Å². The highest BCUT2D eigenvalue weighted by molar-refractivity contribution is 6.06. The minimum absolute atomic E-state index is 0.0767. The first-order valence-corrected chi connectivity index (χ1v) is 12.4. The Morgan fingerprint density at radius 1 is 1.15 bits per heavy atom. The van der Waals surface area contributed by atoms with Gasteiger partial charge in [-0.25, -0.2) is 5.84 Å². The Morgan fingerprint density at radius 2 is 1.87 bits per heavy atom. The van der Waals surface area contributed by atoms with Crippen LogP contribution < -0.4 is 26.4 Å². The Kier molecular flexibility index (Phi) is 8.17. The number of nitrogens with one attached hydrogen (secondary N) is 2. The molecule has 1 amide bonds. The van der Waals surface area contributed by atoms with Gasteiger partial charge >= 0.3 is 6.18 Å². The molecule has 1 aliphatic rings. The van der Waals surface area contributed by atoms with Gasteiger partial charge in [-0.05, 0) is 49.7 Å². The lowest BCUT2D eigenvalue weighted by atomic mass is 10.1. The quantitative estimate of drug-likeness (QED) is 0.306. The van der Waals surface area contributed by atoms with Gasteiger partial charge in [-0.15, -0.1) is 0 Å². The molecule has 0 aliphatic carbocycles. The van der Waals surface area contributed by atoms with Gasteiger partial charge in [0.15, 0.2) is 0 Å². The molecule has 0 saturated carbocycles. The fourth-order valence-corrected chi connectivity index (χ4v) is 4.36. The van der Waals surface area contributed by atoms with E-state index >= 15 is 0 Å². The normalized spacial score (nSPS) is 14.4. The monoisotopic (exact) mass is 543 g/mol. The molecule has 4 rings (SSSR count). The molecule has 0 spiro atoms. The fraction of sp³-hybridized carbons (Fsp3) is 0.333. The first-order chi connectivity index (χ1) is 18.5. The van der Waals surface area contributed by atoms with E-state index in [2.05, 4.69) is 15.7 Å². The lowest BCUT2D eigenvalue weighted by Gasteiger charge is -2.31. The Hall–Kier alpha value is -4.03. The number of halogens is 3. The SMILES string of the molecule is CN/C(=C\N(N)c1cc(C(=O)Nc2cc(C(F)(F)F)ccc2N2CCOCC2)ccc1C)c1cnn(C)c1C. The number of morpholine rings is 1. The minimum atomic E-state index is -4.55. The summed E-state index contributed by atoms with van der Waals surface area (Å²) in [7, 11) is 3.61. The maximum absolute atomic E-state index is 13.5. The zero-order valence-electron chi connectivity index (χ0n) is 22.3. The van der Waals surface area contributed by atoms with Gasteiger partial charge in [0.1, 0.15) is 0 Å². The van der Waals surface area contributed by atoms with Crippen LogP contribution in [0.1, 0.15) is 32.7 Å². The van der Waals surface area contributed by atoms with E-state index in [0.29, 0.717) is 37.7 Å². The van der Waals surface area contributed by atoms with E-state index in [0.717, 1.165) is 34.7 Å². The lowest BCUT2D eigenvalue weighted by molar-refractivity contribution is -0.137. The van der Waals surface area contributed by atoms with Gasteiger partial charge in [-0.1, -0.05) is 6.07 Å². The van der Waals surface area contributed by atoms with Crippen molar-refractivity contribution < 1.29 is 22.7 Å². The summed E-state index contributed by atoms with van der Waals surface area (Å²) in [6.07, 6.45) is -1.13. The van der Waals surface area contributed by atoms with Crippen molar-refractivity contribution in [2.45, 2.75) is 20.0 Å². The highest BCUT2D eigenvalue weighted by atomic mass is 19.4. The third kappa shape index (κ3) is 6.18. The largest absolute Gasteiger partial charge is 0.416 e. The molecule has 3 aromatic rings. The Balaban J connectivity index is 1.64. The zero-order chi connectivity index (χ0) is 28.3. The summed E-state index contributed by atoms with van der Waals surface area (Å²) in [5, 5.41) is 11.5. The number of carbonyl (C=O) groups excluding carboxylic acids is 1. The van der Waals surface area contributed by atoms with Gasteiger partial charge in [0, 0.05) is 50.2 Å². The third-order valence-electron chi connectivity index (χ3n) is 6.74. The summed E-state index contributed by atoms with van der Waals surface area (Å²) < 4.78 is 47.6. The molecule has 0 radical (unpaired) electrons. The van der Waals surface area contributed by atoms with E-state index in [1.807, 2.05) is 25.8 Å². The van der Waals surface area contributed by atoms with Crippen LogP contribution in [0, 0.1) is 13.8 Å². The molecular weight excluding hydrogens is 511 g/mol. The van der Waals surface area contributed by atoms with Crippen molar-refractivity contribution in [2.24, 2.45) is 12.9 Å². The highest BCUT2D eigenvalue weighted by Gasteiger charge is 2.32. The van der Waals surface area contributed by atoms with Gasteiger partial charge in [-0.3, -0.25) is 14.5 Å². The van der Waals surface area contributed by atoms with Crippen LogP contribution in [0.5, 0.6) is 0 Å². The molecule has 0 atom stereocenters. The molecule has 1 fully saturated rings. The smallest absolute Gasteiger partial charge is 0.386 e. The number of ether oxygens (including phenoxy) is 1. The number of aromatic nitrogens is 2. The van der Waals surface area contributed by atoms with Gasteiger partial charge in [-0.2, -0.15) is 18.3 Å². The van der Waals surface area contributed by atoms with Crippen LogP contribution in [0.3, 0.4) is 0 Å². The predicted molar refractivity (Wildman–Crippen MR) is 145 cm³/mol. The number of rotatable bonds is 7. The molecule has 39 heavy (non-hydrogen) atoms. The van der Waals surface area contributed by atoms with Gasteiger partial charge < -0.3 is 20.3 Å². The summed E-state index contributed by atoms with van der Waals surface area (Å²) in [5.41, 5.74) is 3.85. The molecule has 0 unspecified atom stereocenters. The zero-order valence-corrected chi connectivity index (χ0v) is 22.3. The molecule has 1 saturated heterocycles. The molecule has 2 heterocycles. The number of nitrogens with two attached hydrogens (primary N) is 1. The number of anilines is 3. The molecule has 4 N–H and O–H groups in total. The topological polar surface area (TPSA) is 101 Å². The Labute approximate surface area is 225 Å². The molecular formula is C27H32F3N7O2. The van der Waals surface area contributed by atoms with Crippen molar-refractivity contribution in [1.29, 1.82) is 0 Å². The lowest BCUT2D eigenvalue weighted by Crippen LogP contribution is -2.36. The van der Waals surface area contributed by atoms with Crippen LogP contribution in [0.25, 0.3) is 5.70 Å². The van der Waals surface area contributed by atoms with Crippen LogP contribution in [0.15, 0.2) is 48.8 Å². The summed E-state index contributed by atoms with van der Waals surface area (Å²) in [5.74, 6) is 5.84. The molecule has 1 aromatic heterocycles. The van der Waals surface area contributed by atoms with Crippen LogP contribution in [-0.4, -0.2) is 49.0 Å². The van der Waals surface area contributed by atoms with E-state index < -0.39 is 17.6 Å². The average Bonchev–Trinajstić information content (AvgIpc) is 3.24. The molecule has 1 aliphatic heterocycles. The Bertz CT molecular complexity index is 1380. The van der Waals surface area contributed by atoms with E-state index in [9.17, 15) is 18.0 Å². The maximum Gasteiger partial charge on any atom is 0.416 e. The van der Waals surface area contributed by atoms with Crippen molar-refractivity contribution in [2.75, 3.05) is 48.6 Å². The summed E-state index contributed by atoms with van der Waals surface area (Å²) in [6, 6.07) is 8.32. The van der Waals surface area contributed by atoms with Crippen LogP contribution in [-0.2, 0) is 18.0 Å². The van der Waals surface area contributed by atoms with Crippen LogP contribution in [0.4, 0.5) is 30.2 Å². The first kappa shape index (κ1) is 28.0. The van der Waals surface area contributed by atoms with Crippen molar-refractivity contribution in [1.82, 2.24) is 15.1 Å². The molecule has 9 nitrogen and oxygen atoms in total. The van der Waals surface area contributed by atoms with Gasteiger partial charge in [0.25, 0.3) is 5.91 Å². The van der Waals surface area contributed by atoms with E-state index in [1.54, 1.807) is 42.3 Å². The Morgan fingerprint density at radius 3 is 2.49 bits per heavy atom. The van der Waals surface area contributed by atoms with Crippen molar-refractivity contribution in [3.63, 3.8) is 0 Å². The molecule has 208 valence electrons. The van der Waals surface area contributed by atoms with Crippen molar-refractivity contribution in [3.8, 4) is 0 Å². The maximum atomic E-state index is 13.5. The van der Waals surface area contributed by atoms with E-state index in [-0.39, 0.29) is 11.3 Å². The highest BCUT2D eigenvalue weighted by Crippen LogP contribution is 2.36. The second-order valence-corrected chi connectivity index (χ2v) is 9.25. The number of aryl methyl sites for hydroxylation is 2. The number of alkyl halides is 3. The second-order valence-electron chi connectivity index (χ2n) is 9.25. The summed E-state index contributed by atoms with van der Waals surface area (Å²) in [6.45, 7) is 5.68. The number of hydrogen-bond donors (Lipinski definition) is 3. The second kappa shape index (κ2) is 11.4. The average molecular weight is 544 g/mol. The number of amides is 1. The molecule has 0 bridgehead atoms. The van der Waals surface area contributed by atoms with Crippen LogP contribution >= 0.6 is 0 Å². The number of nitrogens with zero attached hydrogens (tertiary/aromatic N) is 4. The molecule has 2 aromatic carbocycles. The summed E-state index contributed by atoms with van der Waals surface area (Å²) in [4.78, 5) is 15.2. The number of carbonyl (C=O) groups is 1. The summed E-state index contributed by atoms with van der Waals surface area (Å²) >= 11 is 0. The van der Waals surface area contributed by atoms with E-state index in [4.69, 9.17) is 10.6 Å². The fourth-order valence-electron chi connectivity index (χ4n) is 4.36. The number of benzene rings is 2. The van der Waals surface area contributed by atoms with E-state index in [1.165, 1.54) is 11.1 Å². The minimum Gasteiger partial charge on any atom is -0.386 e. The van der Waals surface area contributed by atoms with Crippen molar-refractivity contribution >= 4 is 28.7 Å². The number of hydrogen-bond acceptors (Lipinski definition) is 7. The van der Waals surface area contributed by atoms with Gasteiger partial charge in [0.2, 0.25) is 0 Å².